The summed E-state index contributed by atoms with van der Waals surface area (Å²) in [5.74, 6) is -12.3. The summed E-state index contributed by atoms with van der Waals surface area (Å²) in [7, 11) is -3.92. The second-order valence-electron chi connectivity index (χ2n) is 21.3. The number of amides is 1. The number of aliphatic hydroxyl groups excluding tert-OH is 2. The van der Waals surface area contributed by atoms with Crippen LogP contribution in [-0.4, -0.2) is 162 Å². The molecule has 1 heterocycles. The summed E-state index contributed by atoms with van der Waals surface area (Å²) in [4.78, 5) is 110. The average molecular weight is 1140 g/mol. The van der Waals surface area contributed by atoms with Crippen LogP contribution in [0, 0.1) is 28.4 Å². The van der Waals surface area contributed by atoms with Gasteiger partial charge in [-0.1, -0.05) is 38.1 Å². The lowest BCUT2D eigenvalue weighted by molar-refractivity contribution is -0.407. The molecule has 2 saturated carbocycles. The Kier molecular flexibility index (Phi) is 19.3. The van der Waals surface area contributed by atoms with Crippen LogP contribution in [0.2, 0.25) is 0 Å². The zero-order chi connectivity index (χ0) is 59.5. The number of carbonyl (C=O) groups is 8. The Morgan fingerprint density at radius 2 is 1.58 bits per heavy atom. The van der Waals surface area contributed by atoms with E-state index in [-0.39, 0.29) is 29.7 Å². The molecular formula is C52H66F2N2O22S. The van der Waals surface area contributed by atoms with Crippen LogP contribution in [0.15, 0.2) is 59.7 Å². The van der Waals surface area contributed by atoms with Crippen LogP contribution in [-0.2, 0) is 76.8 Å². The molecule has 2 aromatic carbocycles. The smallest absolute Gasteiger partial charge is 0.408 e. The van der Waals surface area contributed by atoms with Crippen molar-refractivity contribution < 1.29 is 119 Å². The van der Waals surface area contributed by atoms with Crippen molar-refractivity contribution in [3.05, 3.63) is 82.4 Å². The van der Waals surface area contributed by atoms with Crippen molar-refractivity contribution in [2.75, 3.05) is 26.1 Å². The number of nitrogens with one attached hydrogen (secondary N) is 1. The van der Waals surface area contributed by atoms with Crippen LogP contribution in [0.5, 0.6) is 0 Å². The molecule has 1 aliphatic heterocycles. The van der Waals surface area contributed by atoms with Crippen LogP contribution >= 0.6 is 0 Å². The minimum atomic E-state index is -3.92. The Hall–Kier alpha value is -6.49. The van der Waals surface area contributed by atoms with Gasteiger partial charge in [0.15, 0.2) is 24.0 Å². The second-order valence-corrected chi connectivity index (χ2v) is 22.7. The van der Waals surface area contributed by atoms with Gasteiger partial charge >= 0.3 is 41.9 Å². The van der Waals surface area contributed by atoms with Crippen LogP contribution in [0.3, 0.4) is 0 Å². The van der Waals surface area contributed by atoms with Gasteiger partial charge < -0.3 is 68.8 Å². The van der Waals surface area contributed by atoms with Crippen molar-refractivity contribution in [2.24, 2.45) is 16.7 Å². The highest BCUT2D eigenvalue weighted by molar-refractivity contribution is 7.84. The number of fused-ring (bicyclic) bond motifs is 5. The summed E-state index contributed by atoms with van der Waals surface area (Å²) in [5.41, 5.74) is -7.27. The SMILES string of the molecule is CCOC(=O)[C@@H]([NH3+])CC(=O)OCC(=O)O[C@@H](C(=O)O[C@H]1C[C@@]2(O)[C@@H](OC(=O)c3ccccc3)[C@@H]3[C@]4(OC(C)=O)CO[C@@H]4C[C@H](O)[C@@]3(C)C(=O)[C@H](O)C(=C1C)C2(C)C)[C@@H](NC(=O)OC(C)(C)C)c1ccc(F)cc1F.CS(=O)(=O)[O-]. The van der Waals surface area contributed by atoms with Crippen LogP contribution in [0.4, 0.5) is 13.6 Å². The van der Waals surface area contributed by atoms with Gasteiger partial charge in [-0.05, 0) is 70.9 Å². The van der Waals surface area contributed by atoms with Gasteiger partial charge in [-0.2, -0.15) is 0 Å². The standard InChI is InChI=1S/C51H62F2N2O19.CH4O3S/c1-10-67-44(63)30(54)19-34(58)68-22-35(59)71-39(37(55-46(65)74-47(4,5)6)28-17-16-27(52)18-29(28)53)45(64)70-31-21-51(66)42(72-43(62)26-14-12-11-13-15-26)40-49(9,41(61)38(60)36(24(31)2)48(51,7)8)32(57)20-33-50(40,23-69-33)73-25(3)56;1-5(2,3)4/h11-18,30-33,37-40,42,57,60,66H,10,19-23,54H2,1-9H3,(H,55,65);1H3,(H,2,3,4)/t30-,31-,32-,33+,37-,38+,39+,40-,42-,49+,50-,51+;/m0./s1. The third-order valence-electron chi connectivity index (χ3n) is 14.3. The largest absolute Gasteiger partial charge is 0.748 e. The summed E-state index contributed by atoms with van der Waals surface area (Å²) in [6, 6.07) is 6.05. The predicted octanol–water partition coefficient (Wildman–Crippen LogP) is 1.36. The number of quaternary nitrogens is 1. The molecule has 0 spiro atoms. The number of carbonyl (C=O) groups excluding carboxylic acids is 8. The fraction of sp³-hybridized carbons (Fsp3) is 0.577. The topological polar surface area (TPSA) is 368 Å². The number of ether oxygens (including phenoxy) is 8. The van der Waals surface area contributed by atoms with Gasteiger partial charge in [0.2, 0.25) is 6.10 Å². The molecule has 6 rings (SSSR count). The molecule has 4 aliphatic rings. The average Bonchev–Trinajstić information content (AvgIpc) is 3.42. The van der Waals surface area contributed by atoms with Crippen molar-refractivity contribution in [2.45, 2.75) is 147 Å². The van der Waals surface area contributed by atoms with Crippen molar-refractivity contribution in [3.63, 3.8) is 0 Å². The van der Waals surface area contributed by atoms with E-state index < -0.39 is 183 Å². The number of alkyl carbamates (subject to hydrolysis) is 1. The summed E-state index contributed by atoms with van der Waals surface area (Å²) >= 11 is 0. The maximum Gasteiger partial charge on any atom is 0.408 e. The van der Waals surface area contributed by atoms with E-state index in [2.05, 4.69) is 11.1 Å². The zero-order valence-electron chi connectivity index (χ0n) is 45.0. The molecule has 2 bridgehead atoms. The normalized spacial score (nSPS) is 28.0. The predicted molar refractivity (Wildman–Crippen MR) is 262 cm³/mol. The fourth-order valence-corrected chi connectivity index (χ4v) is 10.7. The molecule has 12 atom stereocenters. The van der Waals surface area contributed by atoms with Crippen molar-refractivity contribution >= 4 is 57.8 Å². The quantitative estimate of drug-likeness (QED) is 0.0727. The van der Waals surface area contributed by atoms with Crippen LogP contribution in [0.1, 0.15) is 104 Å². The van der Waals surface area contributed by atoms with Crippen molar-refractivity contribution in [1.29, 1.82) is 0 Å². The number of aliphatic hydroxyl groups is 3. The number of hydrogen-bond donors (Lipinski definition) is 5. The van der Waals surface area contributed by atoms with Gasteiger partial charge in [0.05, 0.1) is 46.3 Å². The molecule has 3 aliphatic carbocycles. The molecule has 1 amide bonds. The fourth-order valence-electron chi connectivity index (χ4n) is 10.7. The summed E-state index contributed by atoms with van der Waals surface area (Å²) in [5, 5.41) is 40.3. The van der Waals surface area contributed by atoms with E-state index in [1.165, 1.54) is 79.7 Å². The van der Waals surface area contributed by atoms with E-state index >= 15 is 14.0 Å². The Bertz CT molecular complexity index is 2830. The van der Waals surface area contributed by atoms with Crippen LogP contribution in [0.25, 0.3) is 0 Å². The monoisotopic (exact) mass is 1140 g/mol. The molecule has 0 aromatic heterocycles. The molecule has 436 valence electrons. The molecule has 1 saturated heterocycles. The first-order valence-electron chi connectivity index (χ1n) is 24.7. The highest BCUT2D eigenvalue weighted by Crippen LogP contribution is 2.64. The lowest BCUT2D eigenvalue weighted by atomic mass is 9.44. The number of rotatable bonds is 15. The Labute approximate surface area is 453 Å². The summed E-state index contributed by atoms with van der Waals surface area (Å²) in [6.45, 7) is 10.8. The molecule has 3 fully saturated rings. The first-order chi connectivity index (χ1) is 36.4. The van der Waals surface area contributed by atoms with Gasteiger partial charge in [0.1, 0.15) is 59.7 Å². The lowest BCUT2D eigenvalue weighted by Crippen LogP contribution is -2.81. The number of Topliss-reactive ketones (excluding diaryl/α,β-unsaturated/α-hetero) is 1. The number of esters is 6. The maximum atomic E-state index is 15.9. The van der Waals surface area contributed by atoms with E-state index in [0.29, 0.717) is 12.3 Å². The molecule has 2 aromatic rings. The van der Waals surface area contributed by atoms with Gasteiger partial charge in [0.25, 0.3) is 0 Å². The third-order valence-corrected chi connectivity index (χ3v) is 14.3. The Balaban J connectivity index is 0.00000219. The van der Waals surface area contributed by atoms with Gasteiger partial charge in [-0.3, -0.25) is 14.4 Å². The van der Waals surface area contributed by atoms with E-state index in [1.807, 2.05) is 0 Å². The minimum Gasteiger partial charge on any atom is -0.748 e. The number of benzene rings is 2. The third kappa shape index (κ3) is 13.8. The Morgan fingerprint density at radius 1 is 0.962 bits per heavy atom. The first kappa shape index (κ1) is 63.3. The van der Waals surface area contributed by atoms with E-state index in [9.17, 15) is 48.5 Å². The van der Waals surface area contributed by atoms with Gasteiger partial charge in [-0.25, -0.2) is 41.2 Å². The molecule has 24 nitrogen and oxygen atoms in total. The zero-order valence-corrected chi connectivity index (χ0v) is 45.8. The highest BCUT2D eigenvalue weighted by atomic mass is 32.2. The number of hydrogen-bond acceptors (Lipinski definition) is 22. The molecule has 0 radical (unpaired) electrons. The number of halogens is 2. The molecule has 27 heteroatoms. The molecule has 79 heavy (non-hydrogen) atoms. The summed E-state index contributed by atoms with van der Waals surface area (Å²) < 4.78 is 103. The van der Waals surface area contributed by atoms with E-state index in [0.717, 1.165) is 19.1 Å². The number of ketones is 1. The second kappa shape index (κ2) is 24.1. The van der Waals surface area contributed by atoms with Gasteiger partial charge in [-0.15, -0.1) is 0 Å². The maximum absolute atomic E-state index is 15.9. The van der Waals surface area contributed by atoms with E-state index in [4.69, 9.17) is 50.9 Å². The minimum absolute atomic E-state index is 0.0247. The summed E-state index contributed by atoms with van der Waals surface area (Å²) in [6.07, 6.45) is -13.8. The van der Waals surface area contributed by atoms with Gasteiger partial charge in [0, 0.05) is 43.1 Å². The van der Waals surface area contributed by atoms with Crippen molar-refractivity contribution in [1.82, 2.24) is 5.32 Å². The first-order valence-corrected chi connectivity index (χ1v) is 26.6. The van der Waals surface area contributed by atoms with Crippen molar-refractivity contribution in [3.8, 4) is 0 Å². The molecule has 7 N–H and O–H groups in total. The molecular weight excluding hydrogens is 1070 g/mol. The molecule has 0 unspecified atom stereocenters. The lowest BCUT2D eigenvalue weighted by Gasteiger charge is -2.67. The van der Waals surface area contributed by atoms with E-state index in [1.54, 1.807) is 6.07 Å². The highest BCUT2D eigenvalue weighted by Gasteiger charge is 2.78. The van der Waals surface area contributed by atoms with Crippen LogP contribution < -0.4 is 11.1 Å². The Morgan fingerprint density at radius 3 is 2.13 bits per heavy atom.